The molecule has 0 saturated heterocycles. The number of carbonyl (C=O) groups excluding carboxylic acids is 1. The topological polar surface area (TPSA) is 59.8 Å². The molecule has 0 radical (unpaired) electrons. The van der Waals surface area contributed by atoms with Crippen molar-refractivity contribution in [1.82, 2.24) is 14.8 Å². The third-order valence-electron chi connectivity index (χ3n) is 5.60. The minimum Gasteiger partial charge on any atom is -0.325 e. The molecule has 0 spiro atoms. The molecule has 0 aliphatic heterocycles. The molecule has 1 aromatic heterocycles. The predicted molar refractivity (Wildman–Crippen MR) is 116 cm³/mol. The van der Waals surface area contributed by atoms with E-state index in [1.54, 1.807) is 0 Å². The lowest BCUT2D eigenvalue weighted by Gasteiger charge is -2.21. The minimum atomic E-state index is -0.00800. The number of anilines is 1. The van der Waals surface area contributed by atoms with Crippen LogP contribution in [0, 0.1) is 19.8 Å². The molecule has 28 heavy (non-hydrogen) atoms. The molecule has 0 atom stereocenters. The van der Waals surface area contributed by atoms with Gasteiger partial charge in [-0.05, 0) is 44.7 Å². The first-order chi connectivity index (χ1) is 13.6. The number of hydrogen-bond acceptors (Lipinski definition) is 4. The zero-order valence-electron chi connectivity index (χ0n) is 17.3. The molecule has 1 aliphatic carbocycles. The lowest BCUT2D eigenvalue weighted by atomic mass is 9.86. The van der Waals surface area contributed by atoms with Gasteiger partial charge in [0.15, 0.2) is 5.16 Å². The van der Waals surface area contributed by atoms with Gasteiger partial charge in [0.2, 0.25) is 5.91 Å². The summed E-state index contributed by atoms with van der Waals surface area (Å²) >= 11 is 1.47. The third-order valence-corrected chi connectivity index (χ3v) is 6.57. The Morgan fingerprint density at radius 1 is 1.21 bits per heavy atom. The van der Waals surface area contributed by atoms with Crippen molar-refractivity contribution in [3.8, 4) is 0 Å². The SMILES string of the molecule is CCn1c(CCC2CCCCC2)nnc1SCC(=O)Nc1ccc(C)cc1C. The highest BCUT2D eigenvalue weighted by Crippen LogP contribution is 2.28. The minimum absolute atomic E-state index is 0.00800. The van der Waals surface area contributed by atoms with Crippen molar-refractivity contribution in [2.24, 2.45) is 5.92 Å². The average Bonchev–Trinajstić information content (AvgIpc) is 3.09. The van der Waals surface area contributed by atoms with Crippen molar-refractivity contribution in [3.05, 3.63) is 35.2 Å². The molecule has 0 bridgehead atoms. The first-order valence-electron chi connectivity index (χ1n) is 10.5. The smallest absolute Gasteiger partial charge is 0.234 e. The summed E-state index contributed by atoms with van der Waals surface area (Å²) in [4.78, 5) is 12.4. The van der Waals surface area contributed by atoms with Gasteiger partial charge in [0.1, 0.15) is 5.82 Å². The summed E-state index contributed by atoms with van der Waals surface area (Å²) in [6.07, 6.45) is 9.06. The molecular weight excluding hydrogens is 368 g/mol. The zero-order chi connectivity index (χ0) is 19.9. The molecule has 0 unspecified atom stereocenters. The Hall–Kier alpha value is -1.82. The Bertz CT molecular complexity index is 796. The quantitative estimate of drug-likeness (QED) is 0.622. The van der Waals surface area contributed by atoms with Crippen molar-refractivity contribution in [2.45, 2.75) is 77.4 Å². The van der Waals surface area contributed by atoms with Crippen molar-refractivity contribution < 1.29 is 4.79 Å². The normalized spacial score (nSPS) is 15.0. The zero-order valence-corrected chi connectivity index (χ0v) is 18.1. The van der Waals surface area contributed by atoms with E-state index < -0.39 is 0 Å². The van der Waals surface area contributed by atoms with Crippen LogP contribution in [0.25, 0.3) is 0 Å². The fourth-order valence-corrected chi connectivity index (χ4v) is 4.83. The Morgan fingerprint density at radius 2 is 2.00 bits per heavy atom. The lowest BCUT2D eigenvalue weighted by molar-refractivity contribution is -0.113. The Labute approximate surface area is 172 Å². The number of nitrogens with zero attached hydrogens (tertiary/aromatic N) is 3. The number of aryl methyl sites for hydroxylation is 3. The van der Waals surface area contributed by atoms with Crippen molar-refractivity contribution in [1.29, 1.82) is 0 Å². The number of rotatable bonds is 8. The van der Waals surface area contributed by atoms with Crippen LogP contribution in [-0.2, 0) is 17.8 Å². The molecule has 1 heterocycles. The van der Waals surface area contributed by atoms with Crippen LogP contribution in [0.4, 0.5) is 5.69 Å². The molecular formula is C22H32N4OS. The van der Waals surface area contributed by atoms with Crippen molar-refractivity contribution >= 4 is 23.4 Å². The molecule has 1 fully saturated rings. The van der Waals surface area contributed by atoms with E-state index in [2.05, 4.69) is 40.0 Å². The second-order valence-electron chi connectivity index (χ2n) is 7.84. The molecule has 1 saturated carbocycles. The van der Waals surface area contributed by atoms with Gasteiger partial charge in [0.05, 0.1) is 5.75 Å². The van der Waals surface area contributed by atoms with Crippen LogP contribution in [0.1, 0.15) is 62.4 Å². The number of hydrogen-bond donors (Lipinski definition) is 1. The monoisotopic (exact) mass is 400 g/mol. The highest BCUT2D eigenvalue weighted by Gasteiger charge is 2.17. The van der Waals surface area contributed by atoms with Gasteiger partial charge < -0.3 is 9.88 Å². The van der Waals surface area contributed by atoms with Crippen molar-refractivity contribution in [3.63, 3.8) is 0 Å². The maximum Gasteiger partial charge on any atom is 0.234 e. The second-order valence-corrected chi connectivity index (χ2v) is 8.78. The molecule has 5 nitrogen and oxygen atoms in total. The number of carbonyl (C=O) groups is 1. The molecule has 6 heteroatoms. The van der Waals surface area contributed by atoms with Crippen LogP contribution in [0.5, 0.6) is 0 Å². The van der Waals surface area contributed by atoms with Crippen LogP contribution >= 0.6 is 11.8 Å². The van der Waals surface area contributed by atoms with Crippen LogP contribution < -0.4 is 5.32 Å². The largest absolute Gasteiger partial charge is 0.325 e. The highest BCUT2D eigenvalue weighted by atomic mass is 32.2. The van der Waals surface area contributed by atoms with Gasteiger partial charge in [-0.15, -0.1) is 10.2 Å². The first kappa shape index (κ1) is 20.9. The van der Waals surface area contributed by atoms with E-state index in [4.69, 9.17) is 0 Å². The van der Waals surface area contributed by atoms with Gasteiger partial charge >= 0.3 is 0 Å². The molecule has 1 amide bonds. The first-order valence-corrected chi connectivity index (χ1v) is 11.5. The van der Waals surface area contributed by atoms with Crippen LogP contribution in [0.3, 0.4) is 0 Å². The summed E-state index contributed by atoms with van der Waals surface area (Å²) in [5, 5.41) is 12.6. The van der Waals surface area contributed by atoms with Crippen LogP contribution in [-0.4, -0.2) is 26.4 Å². The van der Waals surface area contributed by atoms with Gasteiger partial charge in [0, 0.05) is 18.7 Å². The van der Waals surface area contributed by atoms with E-state index in [0.29, 0.717) is 5.75 Å². The van der Waals surface area contributed by atoms with E-state index in [9.17, 15) is 4.79 Å². The Kier molecular flexibility index (Phi) is 7.54. The molecule has 1 aliphatic rings. The summed E-state index contributed by atoms with van der Waals surface area (Å²) in [7, 11) is 0. The van der Waals surface area contributed by atoms with Gasteiger partial charge in [-0.25, -0.2) is 0 Å². The van der Waals surface area contributed by atoms with E-state index in [1.165, 1.54) is 55.9 Å². The van der Waals surface area contributed by atoms with Crippen LogP contribution in [0.2, 0.25) is 0 Å². The second kappa shape index (κ2) is 10.1. The van der Waals surface area contributed by atoms with E-state index >= 15 is 0 Å². The van der Waals surface area contributed by atoms with E-state index in [1.807, 2.05) is 19.1 Å². The molecule has 1 aromatic carbocycles. The predicted octanol–water partition coefficient (Wildman–Crippen LogP) is 5.16. The summed E-state index contributed by atoms with van der Waals surface area (Å²) < 4.78 is 2.16. The standard InChI is InChI=1S/C22H32N4OS/c1-4-26-20(13-11-18-8-6-5-7-9-18)24-25-22(26)28-15-21(27)23-19-12-10-16(2)14-17(19)3/h10,12,14,18H,4-9,11,13,15H2,1-3H3,(H,23,27). The maximum absolute atomic E-state index is 12.4. The molecule has 1 N–H and O–H groups in total. The number of amides is 1. The number of aromatic nitrogens is 3. The number of benzene rings is 1. The maximum atomic E-state index is 12.4. The van der Waals surface area contributed by atoms with Gasteiger partial charge in [-0.1, -0.05) is 61.6 Å². The van der Waals surface area contributed by atoms with E-state index in [-0.39, 0.29) is 5.91 Å². The molecule has 3 rings (SSSR count). The fraction of sp³-hybridized carbons (Fsp3) is 0.591. The lowest BCUT2D eigenvalue weighted by Crippen LogP contribution is -2.15. The number of nitrogens with one attached hydrogen (secondary N) is 1. The van der Waals surface area contributed by atoms with Gasteiger partial charge in [0.25, 0.3) is 0 Å². The third kappa shape index (κ3) is 5.60. The molecule has 152 valence electrons. The fourth-order valence-electron chi connectivity index (χ4n) is 4.01. The van der Waals surface area contributed by atoms with Gasteiger partial charge in [-0.3, -0.25) is 4.79 Å². The van der Waals surface area contributed by atoms with Gasteiger partial charge in [-0.2, -0.15) is 0 Å². The average molecular weight is 401 g/mol. The summed E-state index contributed by atoms with van der Waals surface area (Å²) in [5.74, 6) is 2.24. The molecule has 2 aromatic rings. The summed E-state index contributed by atoms with van der Waals surface area (Å²) in [6, 6.07) is 6.06. The number of thioether (sulfide) groups is 1. The van der Waals surface area contributed by atoms with Crippen LogP contribution in [0.15, 0.2) is 23.4 Å². The Morgan fingerprint density at radius 3 is 2.71 bits per heavy atom. The van der Waals surface area contributed by atoms with Crippen molar-refractivity contribution in [2.75, 3.05) is 11.1 Å². The van der Waals surface area contributed by atoms with E-state index in [0.717, 1.165) is 41.1 Å². The summed E-state index contributed by atoms with van der Waals surface area (Å²) in [5.41, 5.74) is 3.16. The highest BCUT2D eigenvalue weighted by molar-refractivity contribution is 7.99. The Balaban J connectivity index is 1.53. The summed E-state index contributed by atoms with van der Waals surface area (Å²) in [6.45, 7) is 7.03.